The Bertz CT molecular complexity index is 751. The van der Waals surface area contributed by atoms with E-state index in [1.54, 1.807) is 14.2 Å². The van der Waals surface area contributed by atoms with Gasteiger partial charge in [0.25, 0.3) is 0 Å². The van der Waals surface area contributed by atoms with Gasteiger partial charge in [0.1, 0.15) is 11.9 Å². The molecule has 1 atom stereocenters. The van der Waals surface area contributed by atoms with E-state index >= 15 is 0 Å². The molecular formula is C21H26N2O4. The highest BCUT2D eigenvalue weighted by Crippen LogP contribution is 2.27. The van der Waals surface area contributed by atoms with Crippen LogP contribution in [0.3, 0.4) is 0 Å². The Hall–Kier alpha value is -2.89. The summed E-state index contributed by atoms with van der Waals surface area (Å²) in [4.78, 5) is 14.2. The minimum Gasteiger partial charge on any atom is -0.493 e. The number of para-hydroxylation sites is 1. The number of nitrogens with zero attached hydrogens (tertiary/aromatic N) is 1. The van der Waals surface area contributed by atoms with E-state index in [0.717, 1.165) is 24.2 Å². The first-order chi connectivity index (χ1) is 13.2. The number of hydrogen-bond acceptors (Lipinski definition) is 4. The van der Waals surface area contributed by atoms with Gasteiger partial charge in [0, 0.05) is 19.5 Å². The van der Waals surface area contributed by atoms with Crippen molar-refractivity contribution in [1.29, 1.82) is 0 Å². The maximum atomic E-state index is 12.4. The van der Waals surface area contributed by atoms with Crippen LogP contribution >= 0.6 is 0 Å². The number of hydrogen-bond donors (Lipinski definition) is 1. The zero-order valence-electron chi connectivity index (χ0n) is 15.8. The first kappa shape index (κ1) is 18.9. The molecule has 0 aliphatic carbocycles. The minimum absolute atomic E-state index is 0.0454. The molecule has 1 aliphatic rings. The molecule has 6 heteroatoms. The van der Waals surface area contributed by atoms with Gasteiger partial charge < -0.3 is 24.4 Å². The van der Waals surface area contributed by atoms with Crippen LogP contribution in [-0.4, -0.2) is 50.9 Å². The molecule has 3 rings (SSSR count). The third kappa shape index (κ3) is 5.06. The molecule has 1 saturated heterocycles. The summed E-state index contributed by atoms with van der Waals surface area (Å²) in [6, 6.07) is 15.5. The normalized spacial score (nSPS) is 16.1. The van der Waals surface area contributed by atoms with Gasteiger partial charge in [-0.25, -0.2) is 4.79 Å². The van der Waals surface area contributed by atoms with Crippen molar-refractivity contribution in [2.24, 2.45) is 0 Å². The van der Waals surface area contributed by atoms with Crippen molar-refractivity contribution in [3.63, 3.8) is 0 Å². The highest BCUT2D eigenvalue weighted by Gasteiger charge is 2.27. The molecule has 0 aromatic heterocycles. The maximum Gasteiger partial charge on any atom is 0.317 e. The standard InChI is InChI=1S/C21H26N2O4/c1-25-19-9-8-16(14-20(19)26-2)10-12-22-21(24)23-13-11-18(15-23)27-17-6-4-3-5-7-17/h3-9,14,18H,10-13,15H2,1-2H3,(H,22,24)/t18-/m0/s1. The van der Waals surface area contributed by atoms with Crippen LogP contribution in [0.5, 0.6) is 17.2 Å². The topological polar surface area (TPSA) is 60.0 Å². The van der Waals surface area contributed by atoms with Crippen molar-refractivity contribution in [1.82, 2.24) is 10.2 Å². The average Bonchev–Trinajstić information content (AvgIpc) is 3.17. The molecule has 144 valence electrons. The molecular weight excluding hydrogens is 344 g/mol. The zero-order chi connectivity index (χ0) is 19.1. The first-order valence-electron chi connectivity index (χ1n) is 9.15. The van der Waals surface area contributed by atoms with Crippen molar-refractivity contribution in [2.45, 2.75) is 18.9 Å². The van der Waals surface area contributed by atoms with Gasteiger partial charge in [-0.3, -0.25) is 0 Å². The molecule has 1 fully saturated rings. The van der Waals surface area contributed by atoms with Gasteiger partial charge in [0.05, 0.1) is 20.8 Å². The fourth-order valence-electron chi connectivity index (χ4n) is 3.16. The molecule has 2 aromatic carbocycles. The Kier molecular flexibility index (Phi) is 6.41. The molecule has 1 N–H and O–H groups in total. The van der Waals surface area contributed by atoms with Crippen molar-refractivity contribution < 1.29 is 19.0 Å². The summed E-state index contributed by atoms with van der Waals surface area (Å²) in [6.45, 7) is 1.88. The highest BCUT2D eigenvalue weighted by atomic mass is 16.5. The lowest BCUT2D eigenvalue weighted by molar-refractivity contribution is 0.187. The van der Waals surface area contributed by atoms with Gasteiger partial charge in [-0.15, -0.1) is 0 Å². The summed E-state index contributed by atoms with van der Waals surface area (Å²) in [7, 11) is 3.23. The number of carbonyl (C=O) groups excluding carboxylic acids is 1. The molecule has 1 heterocycles. The van der Waals surface area contributed by atoms with Gasteiger partial charge >= 0.3 is 6.03 Å². The Morgan fingerprint density at radius 3 is 2.63 bits per heavy atom. The summed E-state index contributed by atoms with van der Waals surface area (Å²) >= 11 is 0. The maximum absolute atomic E-state index is 12.4. The van der Waals surface area contributed by atoms with Crippen LogP contribution in [0, 0.1) is 0 Å². The lowest BCUT2D eigenvalue weighted by Gasteiger charge is -2.18. The van der Waals surface area contributed by atoms with Crippen LogP contribution in [0.15, 0.2) is 48.5 Å². The van der Waals surface area contributed by atoms with Crippen LogP contribution in [0.25, 0.3) is 0 Å². The van der Waals surface area contributed by atoms with Gasteiger partial charge in [-0.05, 0) is 36.2 Å². The van der Waals surface area contributed by atoms with Crippen LogP contribution in [0.1, 0.15) is 12.0 Å². The number of urea groups is 1. The second-order valence-electron chi connectivity index (χ2n) is 6.46. The lowest BCUT2D eigenvalue weighted by Crippen LogP contribution is -2.40. The number of rotatable bonds is 7. The van der Waals surface area contributed by atoms with Crippen molar-refractivity contribution in [3.05, 3.63) is 54.1 Å². The Morgan fingerprint density at radius 2 is 1.89 bits per heavy atom. The fourth-order valence-corrected chi connectivity index (χ4v) is 3.16. The smallest absolute Gasteiger partial charge is 0.317 e. The van der Waals surface area contributed by atoms with E-state index in [4.69, 9.17) is 14.2 Å². The summed E-state index contributed by atoms with van der Waals surface area (Å²) < 4.78 is 16.5. The quantitative estimate of drug-likeness (QED) is 0.814. The van der Waals surface area contributed by atoms with E-state index in [0.29, 0.717) is 31.1 Å². The molecule has 2 amide bonds. The van der Waals surface area contributed by atoms with E-state index in [2.05, 4.69) is 5.32 Å². The highest BCUT2D eigenvalue weighted by molar-refractivity contribution is 5.74. The summed E-state index contributed by atoms with van der Waals surface area (Å²) in [5.41, 5.74) is 1.08. The van der Waals surface area contributed by atoms with Gasteiger partial charge in [-0.1, -0.05) is 24.3 Å². The monoisotopic (exact) mass is 370 g/mol. The summed E-state index contributed by atoms with van der Waals surface area (Å²) in [6.07, 6.45) is 1.62. The largest absolute Gasteiger partial charge is 0.493 e. The molecule has 0 unspecified atom stereocenters. The Balaban J connectivity index is 1.43. The molecule has 0 radical (unpaired) electrons. The third-order valence-corrected chi connectivity index (χ3v) is 4.62. The predicted molar refractivity (Wildman–Crippen MR) is 104 cm³/mol. The van der Waals surface area contributed by atoms with Crippen molar-refractivity contribution in [3.8, 4) is 17.2 Å². The van der Waals surface area contributed by atoms with E-state index < -0.39 is 0 Å². The van der Waals surface area contributed by atoms with E-state index in [1.165, 1.54) is 0 Å². The van der Waals surface area contributed by atoms with E-state index in [1.807, 2.05) is 53.4 Å². The summed E-state index contributed by atoms with van der Waals surface area (Å²) in [5, 5.41) is 2.98. The number of likely N-dealkylation sites (tertiary alicyclic amines) is 1. The number of methoxy groups -OCH3 is 2. The first-order valence-corrected chi connectivity index (χ1v) is 9.15. The summed E-state index contributed by atoms with van der Waals surface area (Å²) in [5.74, 6) is 2.24. The fraction of sp³-hybridized carbons (Fsp3) is 0.381. The Morgan fingerprint density at radius 1 is 1.11 bits per heavy atom. The molecule has 0 spiro atoms. The SMILES string of the molecule is COc1ccc(CCNC(=O)N2CC[C@H](Oc3ccccc3)C2)cc1OC. The van der Waals surface area contributed by atoms with Crippen LogP contribution in [0.4, 0.5) is 4.79 Å². The molecule has 6 nitrogen and oxygen atoms in total. The zero-order valence-corrected chi connectivity index (χ0v) is 15.8. The van der Waals surface area contributed by atoms with Crippen LogP contribution < -0.4 is 19.5 Å². The molecule has 0 saturated carbocycles. The molecule has 2 aromatic rings. The molecule has 27 heavy (non-hydrogen) atoms. The van der Waals surface area contributed by atoms with Crippen molar-refractivity contribution in [2.75, 3.05) is 33.9 Å². The Labute approximate surface area is 160 Å². The lowest BCUT2D eigenvalue weighted by atomic mass is 10.1. The van der Waals surface area contributed by atoms with Gasteiger partial charge in [0.2, 0.25) is 0 Å². The van der Waals surface area contributed by atoms with Crippen molar-refractivity contribution >= 4 is 6.03 Å². The third-order valence-electron chi connectivity index (χ3n) is 4.62. The number of benzene rings is 2. The predicted octanol–water partition coefficient (Wildman–Crippen LogP) is 3.11. The number of carbonyl (C=O) groups is 1. The minimum atomic E-state index is -0.0466. The van der Waals surface area contributed by atoms with Gasteiger partial charge in [0.15, 0.2) is 11.5 Å². The van der Waals surface area contributed by atoms with E-state index in [-0.39, 0.29) is 12.1 Å². The molecule has 1 aliphatic heterocycles. The second-order valence-corrected chi connectivity index (χ2v) is 6.46. The average molecular weight is 370 g/mol. The van der Waals surface area contributed by atoms with Crippen LogP contribution in [0.2, 0.25) is 0 Å². The molecule has 0 bridgehead atoms. The number of nitrogens with one attached hydrogen (secondary N) is 1. The number of amides is 2. The van der Waals surface area contributed by atoms with Crippen LogP contribution in [-0.2, 0) is 6.42 Å². The van der Waals surface area contributed by atoms with Gasteiger partial charge in [-0.2, -0.15) is 0 Å². The second kappa shape index (κ2) is 9.16. The van der Waals surface area contributed by atoms with E-state index in [9.17, 15) is 4.79 Å². The number of ether oxygens (including phenoxy) is 3.